The molecule has 1 aromatic heterocycles. The average Bonchev–Trinajstić information content (AvgIpc) is 2.44. The largest absolute Gasteiger partial charge is 0.480 e. The SMILES string of the molecule is Cn1cnc([N+](=O)[O-])c1S(=O)(=O)CC(=O)O. The summed E-state index contributed by atoms with van der Waals surface area (Å²) in [5.74, 6) is -3.67. The van der Waals surface area contributed by atoms with E-state index in [0.29, 0.717) is 0 Å². The van der Waals surface area contributed by atoms with E-state index >= 15 is 0 Å². The van der Waals surface area contributed by atoms with Gasteiger partial charge in [-0.05, 0) is 9.91 Å². The Balaban J connectivity index is 3.37. The lowest BCUT2D eigenvalue weighted by Gasteiger charge is -2.01. The third-order valence-electron chi connectivity index (χ3n) is 1.65. The van der Waals surface area contributed by atoms with E-state index in [0.717, 1.165) is 10.9 Å². The molecule has 0 aliphatic rings. The van der Waals surface area contributed by atoms with Crippen LogP contribution in [-0.2, 0) is 21.7 Å². The Kier molecular flexibility index (Phi) is 2.94. The summed E-state index contributed by atoms with van der Waals surface area (Å²) in [7, 11) is -3.03. The van der Waals surface area contributed by atoms with E-state index in [9.17, 15) is 23.3 Å². The lowest BCUT2D eigenvalue weighted by atomic mass is 10.8. The Morgan fingerprint density at radius 2 is 2.25 bits per heavy atom. The number of carbonyl (C=O) groups is 1. The highest BCUT2D eigenvalue weighted by atomic mass is 32.2. The highest BCUT2D eigenvalue weighted by molar-refractivity contribution is 7.92. The average molecular weight is 249 g/mol. The maximum atomic E-state index is 11.5. The second-order valence-corrected chi connectivity index (χ2v) is 4.80. The first-order valence-corrected chi connectivity index (χ1v) is 5.51. The van der Waals surface area contributed by atoms with Crippen LogP contribution >= 0.6 is 0 Å². The molecule has 0 spiro atoms. The van der Waals surface area contributed by atoms with Gasteiger partial charge in [-0.15, -0.1) is 0 Å². The van der Waals surface area contributed by atoms with E-state index in [1.165, 1.54) is 7.05 Å². The van der Waals surface area contributed by atoms with E-state index in [4.69, 9.17) is 5.11 Å². The van der Waals surface area contributed by atoms with Crippen LogP contribution in [-0.4, -0.2) is 39.7 Å². The molecular formula is C6H7N3O6S. The maximum absolute atomic E-state index is 11.5. The molecule has 10 heteroatoms. The third-order valence-corrected chi connectivity index (χ3v) is 3.33. The van der Waals surface area contributed by atoms with Crippen LogP contribution in [0.15, 0.2) is 11.4 Å². The van der Waals surface area contributed by atoms with Gasteiger partial charge in [-0.3, -0.25) is 9.36 Å². The van der Waals surface area contributed by atoms with Crippen molar-refractivity contribution in [1.82, 2.24) is 9.55 Å². The van der Waals surface area contributed by atoms with Crippen LogP contribution < -0.4 is 0 Å². The molecule has 0 saturated heterocycles. The van der Waals surface area contributed by atoms with Gasteiger partial charge in [-0.25, -0.2) is 8.42 Å². The minimum Gasteiger partial charge on any atom is -0.480 e. The Hall–Kier alpha value is -1.97. The monoisotopic (exact) mass is 249 g/mol. The number of hydrogen-bond donors (Lipinski definition) is 1. The molecule has 0 amide bonds. The summed E-state index contributed by atoms with van der Waals surface area (Å²) < 4.78 is 23.9. The van der Waals surface area contributed by atoms with Crippen LogP contribution in [0.5, 0.6) is 0 Å². The number of hydrogen-bond acceptors (Lipinski definition) is 6. The molecule has 1 N–H and O–H groups in total. The van der Waals surface area contributed by atoms with Gasteiger partial charge in [0.2, 0.25) is 21.2 Å². The fourth-order valence-electron chi connectivity index (χ4n) is 1.12. The number of carboxylic acids is 1. The molecular weight excluding hydrogens is 242 g/mol. The summed E-state index contributed by atoms with van der Waals surface area (Å²) in [6.45, 7) is 0. The van der Waals surface area contributed by atoms with Gasteiger partial charge in [0, 0.05) is 7.05 Å². The van der Waals surface area contributed by atoms with Crippen molar-refractivity contribution >= 4 is 21.6 Å². The van der Waals surface area contributed by atoms with Crippen molar-refractivity contribution in [1.29, 1.82) is 0 Å². The Morgan fingerprint density at radius 1 is 1.69 bits per heavy atom. The van der Waals surface area contributed by atoms with Gasteiger partial charge in [0.05, 0.1) is 0 Å². The highest BCUT2D eigenvalue weighted by Crippen LogP contribution is 2.21. The van der Waals surface area contributed by atoms with Crippen molar-refractivity contribution in [2.24, 2.45) is 7.05 Å². The number of carboxylic acid groups (broad SMARTS) is 1. The van der Waals surface area contributed by atoms with Gasteiger partial charge < -0.3 is 15.2 Å². The number of aromatic nitrogens is 2. The van der Waals surface area contributed by atoms with Gasteiger partial charge in [0.1, 0.15) is 0 Å². The molecule has 0 aromatic carbocycles. The third kappa shape index (κ3) is 2.16. The minimum absolute atomic E-state index is 0.708. The van der Waals surface area contributed by atoms with Gasteiger partial charge in [-0.1, -0.05) is 0 Å². The quantitative estimate of drug-likeness (QED) is 0.544. The van der Waals surface area contributed by atoms with Crippen molar-refractivity contribution in [3.8, 4) is 0 Å². The first-order valence-electron chi connectivity index (χ1n) is 3.86. The smallest absolute Gasteiger partial charge is 0.401 e. The second-order valence-electron chi connectivity index (χ2n) is 2.89. The van der Waals surface area contributed by atoms with Gasteiger partial charge in [0.15, 0.2) is 5.75 Å². The zero-order valence-corrected chi connectivity index (χ0v) is 8.84. The highest BCUT2D eigenvalue weighted by Gasteiger charge is 2.33. The first kappa shape index (κ1) is 12.1. The molecule has 88 valence electrons. The van der Waals surface area contributed by atoms with Crippen molar-refractivity contribution in [3.05, 3.63) is 16.4 Å². The van der Waals surface area contributed by atoms with E-state index in [-0.39, 0.29) is 0 Å². The summed E-state index contributed by atoms with van der Waals surface area (Å²) in [4.78, 5) is 23.1. The molecule has 0 fully saturated rings. The van der Waals surface area contributed by atoms with Crippen LogP contribution in [0.3, 0.4) is 0 Å². The van der Waals surface area contributed by atoms with Crippen LogP contribution in [0.4, 0.5) is 5.82 Å². The number of aryl methyl sites for hydroxylation is 1. The minimum atomic E-state index is -4.26. The molecule has 0 aliphatic heterocycles. The lowest BCUT2D eigenvalue weighted by molar-refractivity contribution is -0.392. The van der Waals surface area contributed by atoms with Gasteiger partial charge in [0.25, 0.3) is 0 Å². The van der Waals surface area contributed by atoms with E-state index < -0.39 is 37.3 Å². The van der Waals surface area contributed by atoms with Gasteiger partial charge >= 0.3 is 11.8 Å². The molecule has 0 bridgehead atoms. The molecule has 0 saturated carbocycles. The predicted octanol–water partition coefficient (Wildman–Crippen LogP) is -0.813. The summed E-state index contributed by atoms with van der Waals surface area (Å²) in [6.07, 6.45) is 0.937. The van der Waals surface area contributed by atoms with Crippen molar-refractivity contribution < 1.29 is 23.2 Å². The molecule has 9 nitrogen and oxygen atoms in total. The predicted molar refractivity (Wildman–Crippen MR) is 49.6 cm³/mol. The summed E-state index contributed by atoms with van der Waals surface area (Å²) >= 11 is 0. The first-order chi connectivity index (χ1) is 7.25. The van der Waals surface area contributed by atoms with Crippen molar-refractivity contribution in [2.45, 2.75) is 5.03 Å². The summed E-state index contributed by atoms with van der Waals surface area (Å²) in [6, 6.07) is 0. The van der Waals surface area contributed by atoms with Crippen molar-refractivity contribution in [3.63, 3.8) is 0 Å². The molecule has 0 aliphatic carbocycles. The van der Waals surface area contributed by atoms with Crippen LogP contribution in [0.25, 0.3) is 0 Å². The molecule has 0 atom stereocenters. The molecule has 1 heterocycles. The van der Waals surface area contributed by atoms with Crippen LogP contribution in [0.1, 0.15) is 0 Å². The maximum Gasteiger partial charge on any atom is 0.401 e. The standard InChI is InChI=1S/C6H7N3O6S/c1-8-3-7-5(9(12)13)6(8)16(14,15)2-4(10)11/h3H,2H2,1H3,(H,10,11). The number of nitrogens with zero attached hydrogens (tertiary/aromatic N) is 3. The fourth-order valence-corrected chi connectivity index (χ4v) is 2.47. The van der Waals surface area contributed by atoms with E-state index in [2.05, 4.69) is 4.98 Å². The van der Waals surface area contributed by atoms with Crippen molar-refractivity contribution in [2.75, 3.05) is 5.75 Å². The number of sulfone groups is 1. The summed E-state index contributed by atoms with van der Waals surface area (Å²) in [5.41, 5.74) is 0. The number of rotatable bonds is 4. The Labute approximate surface area is 89.4 Å². The zero-order valence-electron chi connectivity index (χ0n) is 8.02. The topological polar surface area (TPSA) is 132 Å². The number of nitro groups is 1. The Bertz CT molecular complexity index is 545. The molecule has 0 radical (unpaired) electrons. The van der Waals surface area contributed by atoms with Crippen LogP contribution in [0.2, 0.25) is 0 Å². The molecule has 1 aromatic rings. The summed E-state index contributed by atoms with van der Waals surface area (Å²) in [5, 5.41) is 18.2. The number of imidazole rings is 1. The Morgan fingerprint density at radius 3 is 2.69 bits per heavy atom. The molecule has 1 rings (SSSR count). The zero-order chi connectivity index (χ0) is 12.5. The van der Waals surface area contributed by atoms with Gasteiger partial charge in [-0.2, -0.15) is 0 Å². The van der Waals surface area contributed by atoms with E-state index in [1.807, 2.05) is 0 Å². The van der Waals surface area contributed by atoms with E-state index in [1.54, 1.807) is 0 Å². The van der Waals surface area contributed by atoms with Crippen LogP contribution in [0, 0.1) is 10.1 Å². The normalized spacial score (nSPS) is 11.3. The molecule has 0 unspecified atom stereocenters. The number of aliphatic carboxylic acids is 1. The fraction of sp³-hybridized carbons (Fsp3) is 0.333. The molecule has 16 heavy (non-hydrogen) atoms. The lowest BCUT2D eigenvalue weighted by Crippen LogP contribution is -2.18. The second kappa shape index (κ2) is 3.89.